The first kappa shape index (κ1) is 10.5. The molecule has 4 nitrogen and oxygen atoms in total. The molecule has 0 radical (unpaired) electrons. The van der Waals surface area contributed by atoms with Gasteiger partial charge in [0.05, 0.1) is 6.04 Å². The third kappa shape index (κ3) is 2.74. The van der Waals surface area contributed by atoms with Gasteiger partial charge in [-0.25, -0.2) is 0 Å². The van der Waals surface area contributed by atoms with E-state index in [-0.39, 0.29) is 5.91 Å². The van der Waals surface area contributed by atoms with Crippen LogP contribution in [0.4, 0.5) is 11.4 Å². The first-order valence-electron chi connectivity index (χ1n) is 4.55. The summed E-state index contributed by atoms with van der Waals surface area (Å²) in [6.07, 6.45) is 0.626. The Morgan fingerprint density at radius 1 is 1.43 bits per heavy atom. The van der Waals surface area contributed by atoms with Gasteiger partial charge in [-0.05, 0) is 30.7 Å². The van der Waals surface area contributed by atoms with Crippen LogP contribution in [0, 0.1) is 0 Å². The molecule has 5 N–H and O–H groups in total. The average molecular weight is 193 g/mol. The third-order valence-corrected chi connectivity index (χ3v) is 1.95. The molecule has 0 aliphatic carbocycles. The maximum Gasteiger partial charge on any atom is 0.241 e. The minimum absolute atomic E-state index is 0.169. The van der Waals surface area contributed by atoms with Gasteiger partial charge in [0.1, 0.15) is 0 Å². The van der Waals surface area contributed by atoms with Crippen LogP contribution in [0.15, 0.2) is 24.3 Å². The second-order valence-electron chi connectivity index (χ2n) is 3.13. The van der Waals surface area contributed by atoms with Crippen molar-refractivity contribution < 1.29 is 4.79 Å². The fraction of sp³-hybridized carbons (Fsp3) is 0.300. The monoisotopic (exact) mass is 193 g/mol. The average Bonchev–Trinajstić information content (AvgIpc) is 2.20. The summed E-state index contributed by atoms with van der Waals surface area (Å²) in [6, 6.07) is 6.50. The molecular formula is C10H15N3O. The summed E-state index contributed by atoms with van der Waals surface area (Å²) in [5.41, 5.74) is 12.4. The lowest BCUT2D eigenvalue weighted by atomic mass is 10.2. The van der Waals surface area contributed by atoms with E-state index in [1.54, 1.807) is 24.3 Å². The first-order valence-corrected chi connectivity index (χ1v) is 4.55. The van der Waals surface area contributed by atoms with Gasteiger partial charge in [0.2, 0.25) is 5.91 Å². The predicted octanol–water partition coefficient (Wildman–Crippen LogP) is 0.945. The second-order valence-corrected chi connectivity index (χ2v) is 3.13. The molecule has 0 aliphatic heterocycles. The van der Waals surface area contributed by atoms with Crippen LogP contribution in [-0.4, -0.2) is 11.9 Å². The molecule has 0 heterocycles. The summed E-state index contributed by atoms with van der Waals surface area (Å²) in [5, 5.41) is 2.70. The van der Waals surface area contributed by atoms with Gasteiger partial charge in [-0.15, -0.1) is 0 Å². The number of hydrogen-bond acceptors (Lipinski definition) is 3. The third-order valence-electron chi connectivity index (χ3n) is 1.95. The van der Waals surface area contributed by atoms with Crippen LogP contribution in [0.25, 0.3) is 0 Å². The van der Waals surface area contributed by atoms with E-state index < -0.39 is 6.04 Å². The SMILES string of the molecule is CCC(N)C(=O)Nc1ccc(N)cc1. The molecule has 1 aromatic carbocycles. The topological polar surface area (TPSA) is 81.1 Å². The lowest BCUT2D eigenvalue weighted by Crippen LogP contribution is -2.34. The smallest absolute Gasteiger partial charge is 0.241 e. The highest BCUT2D eigenvalue weighted by molar-refractivity contribution is 5.94. The fourth-order valence-electron chi connectivity index (χ4n) is 0.987. The van der Waals surface area contributed by atoms with Crippen molar-refractivity contribution in [3.05, 3.63) is 24.3 Å². The highest BCUT2D eigenvalue weighted by Crippen LogP contribution is 2.10. The van der Waals surface area contributed by atoms with Crippen LogP contribution in [-0.2, 0) is 4.79 Å². The molecule has 76 valence electrons. The minimum atomic E-state index is -0.451. The lowest BCUT2D eigenvalue weighted by Gasteiger charge is -2.09. The second kappa shape index (κ2) is 4.62. The Morgan fingerprint density at radius 2 is 2.00 bits per heavy atom. The van der Waals surface area contributed by atoms with E-state index in [1.807, 2.05) is 6.92 Å². The Hall–Kier alpha value is -1.55. The van der Waals surface area contributed by atoms with Gasteiger partial charge in [-0.2, -0.15) is 0 Å². The number of hydrogen-bond donors (Lipinski definition) is 3. The Morgan fingerprint density at radius 3 is 2.50 bits per heavy atom. The molecule has 0 bridgehead atoms. The van der Waals surface area contributed by atoms with Crippen LogP contribution in [0.1, 0.15) is 13.3 Å². The molecule has 0 aliphatic rings. The molecular weight excluding hydrogens is 178 g/mol. The Kier molecular flexibility index (Phi) is 3.48. The Labute approximate surface area is 83.3 Å². The van der Waals surface area contributed by atoms with Crippen LogP contribution in [0.5, 0.6) is 0 Å². The molecule has 0 aromatic heterocycles. The number of carbonyl (C=O) groups excluding carboxylic acids is 1. The van der Waals surface area contributed by atoms with Crippen LogP contribution >= 0.6 is 0 Å². The summed E-state index contributed by atoms with van der Waals surface area (Å²) < 4.78 is 0. The highest BCUT2D eigenvalue weighted by atomic mass is 16.2. The fourth-order valence-corrected chi connectivity index (χ4v) is 0.987. The van der Waals surface area contributed by atoms with Gasteiger partial charge >= 0.3 is 0 Å². The minimum Gasteiger partial charge on any atom is -0.399 e. The zero-order valence-electron chi connectivity index (χ0n) is 8.16. The van der Waals surface area contributed by atoms with Crippen LogP contribution < -0.4 is 16.8 Å². The predicted molar refractivity (Wildman–Crippen MR) is 57.8 cm³/mol. The number of nitrogen functional groups attached to an aromatic ring is 1. The Balaban J connectivity index is 2.60. The molecule has 0 saturated heterocycles. The van der Waals surface area contributed by atoms with E-state index in [0.29, 0.717) is 17.8 Å². The van der Waals surface area contributed by atoms with Crippen LogP contribution in [0.3, 0.4) is 0 Å². The van der Waals surface area contributed by atoms with Crippen molar-refractivity contribution in [1.29, 1.82) is 0 Å². The zero-order chi connectivity index (χ0) is 10.6. The molecule has 0 saturated carbocycles. The molecule has 1 atom stereocenters. The molecule has 1 unspecified atom stereocenters. The van der Waals surface area contributed by atoms with Crippen LogP contribution in [0.2, 0.25) is 0 Å². The van der Waals surface area contributed by atoms with Crippen molar-refractivity contribution in [2.24, 2.45) is 5.73 Å². The van der Waals surface area contributed by atoms with Crippen molar-refractivity contribution in [3.8, 4) is 0 Å². The van der Waals surface area contributed by atoms with E-state index in [2.05, 4.69) is 5.32 Å². The van der Waals surface area contributed by atoms with E-state index in [1.165, 1.54) is 0 Å². The summed E-state index contributed by atoms with van der Waals surface area (Å²) >= 11 is 0. The first-order chi connectivity index (χ1) is 6.63. The molecule has 1 rings (SSSR count). The van der Waals surface area contributed by atoms with E-state index in [4.69, 9.17) is 11.5 Å². The van der Waals surface area contributed by atoms with Gasteiger partial charge in [-0.1, -0.05) is 6.92 Å². The van der Waals surface area contributed by atoms with Crippen molar-refractivity contribution in [1.82, 2.24) is 0 Å². The normalized spacial score (nSPS) is 12.1. The summed E-state index contributed by atoms with van der Waals surface area (Å²) in [5.74, 6) is -0.169. The van der Waals surface area contributed by atoms with E-state index in [9.17, 15) is 4.79 Å². The van der Waals surface area contributed by atoms with Gasteiger partial charge in [0.25, 0.3) is 0 Å². The molecule has 4 heteroatoms. The maximum absolute atomic E-state index is 11.4. The molecule has 1 amide bonds. The number of benzene rings is 1. The standard InChI is InChI=1S/C10H15N3O/c1-2-9(12)10(14)13-8-5-3-7(11)4-6-8/h3-6,9H,2,11-12H2,1H3,(H,13,14). The molecule has 1 aromatic rings. The van der Waals surface area contributed by atoms with Gasteiger partial charge in [0.15, 0.2) is 0 Å². The number of amides is 1. The van der Waals surface area contributed by atoms with Crippen molar-refractivity contribution >= 4 is 17.3 Å². The zero-order valence-corrected chi connectivity index (χ0v) is 8.16. The highest BCUT2D eigenvalue weighted by Gasteiger charge is 2.10. The quantitative estimate of drug-likeness (QED) is 0.625. The van der Waals surface area contributed by atoms with Crippen molar-refractivity contribution in [2.45, 2.75) is 19.4 Å². The molecule has 0 fully saturated rings. The van der Waals surface area contributed by atoms with Crippen molar-refractivity contribution in [2.75, 3.05) is 11.1 Å². The molecule has 0 spiro atoms. The Bertz CT molecular complexity index is 308. The number of anilines is 2. The number of carbonyl (C=O) groups is 1. The summed E-state index contributed by atoms with van der Waals surface area (Å²) in [7, 11) is 0. The number of nitrogens with two attached hydrogens (primary N) is 2. The van der Waals surface area contributed by atoms with Gasteiger partial charge < -0.3 is 16.8 Å². The lowest BCUT2D eigenvalue weighted by molar-refractivity contribution is -0.117. The maximum atomic E-state index is 11.4. The van der Waals surface area contributed by atoms with Gasteiger partial charge in [0, 0.05) is 11.4 Å². The van der Waals surface area contributed by atoms with Gasteiger partial charge in [-0.3, -0.25) is 4.79 Å². The summed E-state index contributed by atoms with van der Waals surface area (Å²) in [4.78, 5) is 11.4. The number of rotatable bonds is 3. The number of nitrogens with one attached hydrogen (secondary N) is 1. The van der Waals surface area contributed by atoms with E-state index in [0.717, 1.165) is 0 Å². The van der Waals surface area contributed by atoms with Crippen molar-refractivity contribution in [3.63, 3.8) is 0 Å². The largest absolute Gasteiger partial charge is 0.399 e. The van der Waals surface area contributed by atoms with E-state index >= 15 is 0 Å². The molecule has 14 heavy (non-hydrogen) atoms. The summed E-state index contributed by atoms with van der Waals surface area (Å²) in [6.45, 7) is 1.87.